The van der Waals surface area contributed by atoms with Crippen LogP contribution >= 0.6 is 0 Å². The zero-order valence-corrected chi connectivity index (χ0v) is 10.0. The summed E-state index contributed by atoms with van der Waals surface area (Å²) in [7, 11) is 0. The third kappa shape index (κ3) is 3.86. The summed E-state index contributed by atoms with van der Waals surface area (Å²) in [4.78, 5) is 28.5. The predicted molar refractivity (Wildman–Crippen MR) is 62.4 cm³/mol. The molecule has 0 aliphatic rings. The SMILES string of the molecule is CCN(CC)C(=O)COC(=O)c1ccncc1. The van der Waals surface area contributed by atoms with Gasteiger partial charge in [0.15, 0.2) is 6.61 Å². The van der Waals surface area contributed by atoms with E-state index < -0.39 is 5.97 Å². The van der Waals surface area contributed by atoms with Gasteiger partial charge in [0.05, 0.1) is 5.56 Å². The minimum absolute atomic E-state index is 0.183. The van der Waals surface area contributed by atoms with E-state index in [0.717, 1.165) is 0 Å². The molecule has 0 atom stereocenters. The molecule has 1 amide bonds. The van der Waals surface area contributed by atoms with Crippen molar-refractivity contribution in [2.24, 2.45) is 0 Å². The van der Waals surface area contributed by atoms with Crippen molar-refractivity contribution in [1.29, 1.82) is 0 Å². The van der Waals surface area contributed by atoms with E-state index in [0.29, 0.717) is 18.7 Å². The van der Waals surface area contributed by atoms with E-state index in [1.165, 1.54) is 12.4 Å². The lowest BCUT2D eigenvalue weighted by atomic mass is 10.3. The average molecular weight is 236 g/mol. The fourth-order valence-electron chi connectivity index (χ4n) is 1.37. The highest BCUT2D eigenvalue weighted by Crippen LogP contribution is 2.00. The van der Waals surface area contributed by atoms with E-state index in [2.05, 4.69) is 4.98 Å². The van der Waals surface area contributed by atoms with Crippen LogP contribution in [0.5, 0.6) is 0 Å². The van der Waals surface area contributed by atoms with Crippen molar-refractivity contribution in [2.75, 3.05) is 19.7 Å². The molecule has 1 rings (SSSR count). The summed E-state index contributed by atoms with van der Waals surface area (Å²) in [5.41, 5.74) is 0.396. The number of likely N-dealkylation sites (N-methyl/N-ethyl adjacent to an activating group) is 1. The lowest BCUT2D eigenvalue weighted by Gasteiger charge is -2.18. The normalized spacial score (nSPS) is 9.76. The quantitative estimate of drug-likeness (QED) is 0.718. The van der Waals surface area contributed by atoms with Gasteiger partial charge in [0, 0.05) is 25.5 Å². The minimum Gasteiger partial charge on any atom is -0.452 e. The van der Waals surface area contributed by atoms with Gasteiger partial charge in [-0.1, -0.05) is 0 Å². The van der Waals surface area contributed by atoms with Crippen LogP contribution in [0, 0.1) is 0 Å². The van der Waals surface area contributed by atoms with Crippen LogP contribution in [0.25, 0.3) is 0 Å². The summed E-state index contributed by atoms with van der Waals surface area (Å²) in [5.74, 6) is -0.690. The molecule has 0 aromatic carbocycles. The van der Waals surface area contributed by atoms with Crippen molar-refractivity contribution in [2.45, 2.75) is 13.8 Å². The van der Waals surface area contributed by atoms with Crippen LogP contribution < -0.4 is 0 Å². The zero-order chi connectivity index (χ0) is 12.7. The van der Waals surface area contributed by atoms with Crippen LogP contribution in [-0.4, -0.2) is 41.5 Å². The molecular weight excluding hydrogens is 220 g/mol. The zero-order valence-electron chi connectivity index (χ0n) is 10.0. The summed E-state index contributed by atoms with van der Waals surface area (Å²) in [5, 5.41) is 0. The molecule has 0 aliphatic heterocycles. The Morgan fingerprint density at radius 3 is 2.35 bits per heavy atom. The number of aromatic nitrogens is 1. The highest BCUT2D eigenvalue weighted by atomic mass is 16.5. The van der Waals surface area contributed by atoms with Crippen molar-refractivity contribution in [1.82, 2.24) is 9.88 Å². The molecule has 0 spiro atoms. The Morgan fingerprint density at radius 1 is 1.24 bits per heavy atom. The number of carbonyl (C=O) groups excluding carboxylic acids is 2. The minimum atomic E-state index is -0.507. The fourth-order valence-corrected chi connectivity index (χ4v) is 1.37. The van der Waals surface area contributed by atoms with Crippen LogP contribution in [0.1, 0.15) is 24.2 Å². The molecule has 0 N–H and O–H groups in total. The molecule has 0 bridgehead atoms. The van der Waals surface area contributed by atoms with Crippen LogP contribution in [0.3, 0.4) is 0 Å². The number of nitrogens with zero attached hydrogens (tertiary/aromatic N) is 2. The third-order valence-electron chi connectivity index (χ3n) is 2.36. The molecule has 0 unspecified atom stereocenters. The first-order valence-electron chi connectivity index (χ1n) is 5.54. The monoisotopic (exact) mass is 236 g/mol. The second-order valence-corrected chi connectivity index (χ2v) is 3.38. The van der Waals surface area contributed by atoms with E-state index in [-0.39, 0.29) is 12.5 Å². The van der Waals surface area contributed by atoms with Crippen molar-refractivity contribution in [3.8, 4) is 0 Å². The van der Waals surface area contributed by atoms with Crippen molar-refractivity contribution in [3.05, 3.63) is 30.1 Å². The lowest BCUT2D eigenvalue weighted by molar-refractivity contribution is -0.134. The van der Waals surface area contributed by atoms with Gasteiger partial charge in [-0.15, -0.1) is 0 Å². The van der Waals surface area contributed by atoms with Gasteiger partial charge in [0.1, 0.15) is 0 Å². The molecule has 5 nitrogen and oxygen atoms in total. The summed E-state index contributed by atoms with van der Waals surface area (Å²) in [6.45, 7) is 4.77. The molecular formula is C12H16N2O3. The lowest BCUT2D eigenvalue weighted by Crippen LogP contribution is -2.34. The molecule has 1 aromatic rings. The Morgan fingerprint density at radius 2 is 1.82 bits per heavy atom. The van der Waals surface area contributed by atoms with Gasteiger partial charge >= 0.3 is 5.97 Å². The number of rotatable bonds is 5. The Hall–Kier alpha value is -1.91. The predicted octanol–water partition coefficient (Wildman–Crippen LogP) is 1.11. The van der Waals surface area contributed by atoms with E-state index in [4.69, 9.17) is 4.74 Å². The van der Waals surface area contributed by atoms with Gasteiger partial charge in [-0.05, 0) is 26.0 Å². The van der Waals surface area contributed by atoms with Crippen LogP contribution in [0.15, 0.2) is 24.5 Å². The molecule has 0 saturated heterocycles. The average Bonchev–Trinajstić information content (AvgIpc) is 2.38. The van der Waals surface area contributed by atoms with Crippen LogP contribution in [0.2, 0.25) is 0 Å². The van der Waals surface area contributed by atoms with Crippen molar-refractivity contribution in [3.63, 3.8) is 0 Å². The van der Waals surface area contributed by atoms with E-state index in [9.17, 15) is 9.59 Å². The summed E-state index contributed by atoms with van der Waals surface area (Å²) in [6.07, 6.45) is 3.01. The van der Waals surface area contributed by atoms with Crippen LogP contribution in [-0.2, 0) is 9.53 Å². The van der Waals surface area contributed by atoms with Gasteiger partial charge in [0.2, 0.25) is 0 Å². The first-order chi connectivity index (χ1) is 8.19. The Bertz CT molecular complexity index is 375. The van der Waals surface area contributed by atoms with Gasteiger partial charge in [0.25, 0.3) is 5.91 Å². The maximum Gasteiger partial charge on any atom is 0.338 e. The third-order valence-corrected chi connectivity index (χ3v) is 2.36. The second-order valence-electron chi connectivity index (χ2n) is 3.38. The smallest absolute Gasteiger partial charge is 0.338 e. The van der Waals surface area contributed by atoms with E-state index in [1.54, 1.807) is 17.0 Å². The number of esters is 1. The summed E-state index contributed by atoms with van der Waals surface area (Å²) in [6, 6.07) is 3.09. The number of pyridine rings is 1. The van der Waals surface area contributed by atoms with Crippen molar-refractivity contribution >= 4 is 11.9 Å². The first-order valence-corrected chi connectivity index (χ1v) is 5.54. The molecule has 1 aromatic heterocycles. The molecule has 5 heteroatoms. The standard InChI is InChI=1S/C12H16N2O3/c1-3-14(4-2)11(15)9-17-12(16)10-5-7-13-8-6-10/h5-8H,3-4,9H2,1-2H3. The topological polar surface area (TPSA) is 59.5 Å². The molecule has 0 radical (unpaired) electrons. The number of carbonyl (C=O) groups is 2. The maximum absolute atomic E-state index is 11.6. The van der Waals surface area contributed by atoms with Crippen molar-refractivity contribution < 1.29 is 14.3 Å². The van der Waals surface area contributed by atoms with E-state index >= 15 is 0 Å². The summed E-state index contributed by atoms with van der Waals surface area (Å²) >= 11 is 0. The second kappa shape index (κ2) is 6.62. The summed E-state index contributed by atoms with van der Waals surface area (Å²) < 4.78 is 4.92. The first kappa shape index (κ1) is 13.2. The highest BCUT2D eigenvalue weighted by molar-refractivity contribution is 5.91. The fraction of sp³-hybridized carbons (Fsp3) is 0.417. The Labute approximate surface area is 100 Å². The molecule has 0 aliphatic carbocycles. The van der Waals surface area contributed by atoms with E-state index in [1.807, 2.05) is 13.8 Å². The van der Waals surface area contributed by atoms with Gasteiger partial charge in [-0.25, -0.2) is 4.79 Å². The van der Waals surface area contributed by atoms with Crippen LogP contribution in [0.4, 0.5) is 0 Å². The molecule has 1 heterocycles. The molecule has 92 valence electrons. The number of hydrogen-bond donors (Lipinski definition) is 0. The molecule has 0 fully saturated rings. The van der Waals surface area contributed by atoms with Gasteiger partial charge in [-0.3, -0.25) is 9.78 Å². The largest absolute Gasteiger partial charge is 0.452 e. The van der Waals surface area contributed by atoms with Gasteiger partial charge < -0.3 is 9.64 Å². The molecule has 17 heavy (non-hydrogen) atoms. The number of ether oxygens (including phenoxy) is 1. The Balaban J connectivity index is 2.46. The molecule has 0 saturated carbocycles. The van der Waals surface area contributed by atoms with Gasteiger partial charge in [-0.2, -0.15) is 0 Å². The maximum atomic E-state index is 11.6. The highest BCUT2D eigenvalue weighted by Gasteiger charge is 2.13. The number of amides is 1. The number of hydrogen-bond acceptors (Lipinski definition) is 4. The Kier molecular flexibility index (Phi) is 5.13.